The summed E-state index contributed by atoms with van der Waals surface area (Å²) in [6.45, 7) is 1.82. The van der Waals surface area contributed by atoms with Crippen LogP contribution in [0.15, 0.2) is 42.5 Å². The fourth-order valence-electron chi connectivity index (χ4n) is 3.09. The first-order chi connectivity index (χ1) is 12.8. The van der Waals surface area contributed by atoms with Crippen molar-refractivity contribution in [3.63, 3.8) is 0 Å². The van der Waals surface area contributed by atoms with Crippen LogP contribution in [0.2, 0.25) is 10.0 Å². The smallest absolute Gasteiger partial charge is 0.128 e. The van der Waals surface area contributed by atoms with Gasteiger partial charge in [0.25, 0.3) is 0 Å². The Labute approximate surface area is 166 Å². The van der Waals surface area contributed by atoms with E-state index in [0.29, 0.717) is 43.7 Å². The number of benzene rings is 3. The van der Waals surface area contributed by atoms with E-state index in [9.17, 15) is 8.78 Å². The standard InChI is InChI=1S/C21H18Cl2F2N2/c1-11-13(10-15-17(23)5-3-7-19(15)25)21(27)12(9-20(11)26)8-14-16(22)4-2-6-18(14)24/h2-7,9H,8,10,26-27H2,1H3. The van der Waals surface area contributed by atoms with Gasteiger partial charge >= 0.3 is 0 Å². The van der Waals surface area contributed by atoms with Crippen molar-refractivity contribution in [2.45, 2.75) is 19.8 Å². The quantitative estimate of drug-likeness (QED) is 0.527. The van der Waals surface area contributed by atoms with E-state index in [0.717, 1.165) is 5.56 Å². The third kappa shape index (κ3) is 3.87. The minimum absolute atomic E-state index is 0.180. The van der Waals surface area contributed by atoms with Crippen LogP contribution in [0.1, 0.15) is 27.8 Å². The summed E-state index contributed by atoms with van der Waals surface area (Å²) >= 11 is 12.3. The number of nitrogens with two attached hydrogens (primary N) is 2. The summed E-state index contributed by atoms with van der Waals surface area (Å²) in [4.78, 5) is 0. The largest absolute Gasteiger partial charge is 0.398 e. The molecule has 0 bridgehead atoms. The zero-order valence-electron chi connectivity index (χ0n) is 14.6. The van der Waals surface area contributed by atoms with Crippen LogP contribution < -0.4 is 11.5 Å². The zero-order chi connectivity index (χ0) is 19.7. The van der Waals surface area contributed by atoms with Crippen molar-refractivity contribution in [3.8, 4) is 0 Å². The van der Waals surface area contributed by atoms with E-state index in [1.54, 1.807) is 30.3 Å². The van der Waals surface area contributed by atoms with Gasteiger partial charge in [0.2, 0.25) is 0 Å². The second-order valence-electron chi connectivity index (χ2n) is 6.40. The maximum Gasteiger partial charge on any atom is 0.128 e. The SMILES string of the molecule is Cc1c(N)cc(Cc2c(F)cccc2Cl)c(N)c1Cc1c(F)cccc1Cl. The van der Waals surface area contributed by atoms with Crippen LogP contribution in [0, 0.1) is 18.6 Å². The summed E-state index contributed by atoms with van der Waals surface area (Å²) in [5, 5.41) is 0.627. The van der Waals surface area contributed by atoms with Gasteiger partial charge in [0.15, 0.2) is 0 Å². The molecule has 0 aliphatic heterocycles. The Hall–Kier alpha value is -2.30. The lowest BCUT2D eigenvalue weighted by Gasteiger charge is -2.18. The maximum atomic E-state index is 14.2. The minimum Gasteiger partial charge on any atom is -0.398 e. The molecule has 27 heavy (non-hydrogen) atoms. The summed E-state index contributed by atoms with van der Waals surface area (Å²) in [6.07, 6.45) is 0.367. The Morgan fingerprint density at radius 1 is 0.815 bits per heavy atom. The summed E-state index contributed by atoms with van der Waals surface area (Å²) < 4.78 is 28.4. The fraction of sp³-hybridized carbons (Fsp3) is 0.143. The molecular formula is C21H18Cl2F2N2. The van der Waals surface area contributed by atoms with Gasteiger partial charge in [-0.2, -0.15) is 0 Å². The van der Waals surface area contributed by atoms with E-state index in [4.69, 9.17) is 34.7 Å². The van der Waals surface area contributed by atoms with Crippen LogP contribution in [-0.4, -0.2) is 0 Å². The number of nitrogen functional groups attached to an aromatic ring is 2. The molecule has 0 heterocycles. The third-order valence-electron chi connectivity index (χ3n) is 4.73. The van der Waals surface area contributed by atoms with E-state index in [1.807, 2.05) is 6.92 Å². The third-order valence-corrected chi connectivity index (χ3v) is 5.44. The summed E-state index contributed by atoms with van der Waals surface area (Å²) in [7, 11) is 0. The monoisotopic (exact) mass is 406 g/mol. The minimum atomic E-state index is -0.417. The average molecular weight is 407 g/mol. The van der Waals surface area contributed by atoms with E-state index in [-0.39, 0.29) is 12.8 Å². The predicted molar refractivity (Wildman–Crippen MR) is 108 cm³/mol. The molecule has 0 amide bonds. The highest BCUT2D eigenvalue weighted by molar-refractivity contribution is 6.31. The second-order valence-corrected chi connectivity index (χ2v) is 7.21. The topological polar surface area (TPSA) is 52.0 Å². The van der Waals surface area contributed by atoms with Crippen LogP contribution in [-0.2, 0) is 12.8 Å². The first kappa shape index (κ1) is 19.5. The predicted octanol–water partition coefficient (Wildman–Crippen LogP) is 5.93. The van der Waals surface area contributed by atoms with Gasteiger partial charge in [-0.15, -0.1) is 0 Å². The average Bonchev–Trinajstić information content (AvgIpc) is 2.61. The van der Waals surface area contributed by atoms with E-state index < -0.39 is 11.6 Å². The Bertz CT molecular complexity index is 979. The molecule has 0 saturated carbocycles. The molecule has 0 fully saturated rings. The number of hydrogen-bond donors (Lipinski definition) is 2. The number of halogens is 4. The Morgan fingerprint density at radius 3 is 1.85 bits per heavy atom. The number of rotatable bonds is 4. The lowest BCUT2D eigenvalue weighted by Crippen LogP contribution is -2.08. The van der Waals surface area contributed by atoms with Crippen LogP contribution >= 0.6 is 23.2 Å². The van der Waals surface area contributed by atoms with Crippen LogP contribution in [0.5, 0.6) is 0 Å². The van der Waals surface area contributed by atoms with Gasteiger partial charge in [-0.1, -0.05) is 35.3 Å². The molecule has 0 aliphatic rings. The molecule has 0 radical (unpaired) electrons. The van der Waals surface area contributed by atoms with Crippen molar-refractivity contribution in [1.82, 2.24) is 0 Å². The highest BCUT2D eigenvalue weighted by Crippen LogP contribution is 2.34. The molecule has 3 rings (SSSR count). The molecule has 6 heteroatoms. The lowest BCUT2D eigenvalue weighted by molar-refractivity contribution is 0.614. The molecule has 4 N–H and O–H groups in total. The van der Waals surface area contributed by atoms with E-state index >= 15 is 0 Å². The molecule has 0 spiro atoms. The van der Waals surface area contributed by atoms with E-state index in [1.165, 1.54) is 12.1 Å². The molecule has 0 aliphatic carbocycles. The number of hydrogen-bond acceptors (Lipinski definition) is 2. The Kier molecular flexibility index (Phi) is 5.59. The van der Waals surface area contributed by atoms with E-state index in [2.05, 4.69) is 0 Å². The van der Waals surface area contributed by atoms with Crippen LogP contribution in [0.4, 0.5) is 20.2 Å². The van der Waals surface area contributed by atoms with Crippen molar-refractivity contribution in [1.29, 1.82) is 0 Å². The second kappa shape index (κ2) is 7.75. The number of anilines is 2. The highest BCUT2D eigenvalue weighted by atomic mass is 35.5. The molecule has 0 saturated heterocycles. The first-order valence-electron chi connectivity index (χ1n) is 8.31. The van der Waals surface area contributed by atoms with Crippen molar-refractivity contribution >= 4 is 34.6 Å². The van der Waals surface area contributed by atoms with Crippen molar-refractivity contribution in [2.24, 2.45) is 0 Å². The zero-order valence-corrected chi connectivity index (χ0v) is 16.1. The van der Waals surface area contributed by atoms with Crippen LogP contribution in [0.3, 0.4) is 0 Å². The Morgan fingerprint density at radius 2 is 1.33 bits per heavy atom. The molecule has 0 unspecified atom stereocenters. The van der Waals surface area contributed by atoms with Gasteiger partial charge in [0.1, 0.15) is 11.6 Å². The lowest BCUT2D eigenvalue weighted by atomic mass is 9.91. The molecular weight excluding hydrogens is 389 g/mol. The van der Waals surface area contributed by atoms with Gasteiger partial charge in [0.05, 0.1) is 0 Å². The Balaban J connectivity index is 2.08. The van der Waals surface area contributed by atoms with Crippen molar-refractivity contribution < 1.29 is 8.78 Å². The van der Waals surface area contributed by atoms with Gasteiger partial charge < -0.3 is 11.5 Å². The summed E-state index contributed by atoms with van der Waals surface area (Å²) in [5.74, 6) is -0.831. The van der Waals surface area contributed by atoms with Gasteiger partial charge in [-0.25, -0.2) is 8.78 Å². The highest BCUT2D eigenvalue weighted by Gasteiger charge is 2.18. The molecule has 2 nitrogen and oxygen atoms in total. The van der Waals surface area contributed by atoms with Gasteiger partial charge in [-0.3, -0.25) is 0 Å². The summed E-state index contributed by atoms with van der Waals surface area (Å²) in [5.41, 5.74) is 16.2. The molecule has 0 aromatic heterocycles. The van der Waals surface area contributed by atoms with Gasteiger partial charge in [-0.05, 0) is 53.9 Å². The van der Waals surface area contributed by atoms with Gasteiger partial charge in [0, 0.05) is 45.4 Å². The van der Waals surface area contributed by atoms with Crippen LogP contribution in [0.25, 0.3) is 0 Å². The fourth-order valence-corrected chi connectivity index (χ4v) is 3.55. The van der Waals surface area contributed by atoms with Crippen molar-refractivity contribution in [3.05, 3.63) is 92.0 Å². The molecule has 140 valence electrons. The van der Waals surface area contributed by atoms with Crippen molar-refractivity contribution in [2.75, 3.05) is 11.5 Å². The maximum absolute atomic E-state index is 14.2. The first-order valence-corrected chi connectivity index (χ1v) is 9.07. The molecule has 3 aromatic rings. The summed E-state index contributed by atoms with van der Waals surface area (Å²) in [6, 6.07) is 10.7. The molecule has 0 atom stereocenters. The normalized spacial score (nSPS) is 11.0. The molecule has 3 aromatic carbocycles.